The lowest BCUT2D eigenvalue weighted by Crippen LogP contribution is -2.58. The summed E-state index contributed by atoms with van der Waals surface area (Å²) >= 11 is 0. The van der Waals surface area contributed by atoms with Gasteiger partial charge in [0, 0.05) is 17.7 Å². The van der Waals surface area contributed by atoms with Crippen molar-refractivity contribution in [1.82, 2.24) is 0 Å². The minimum Gasteiger partial charge on any atom is -0.407 e. The van der Waals surface area contributed by atoms with Crippen LogP contribution in [0.15, 0.2) is 42.5 Å². The molecule has 1 aliphatic rings. The number of halogens is 2. The highest BCUT2D eigenvalue weighted by molar-refractivity contribution is 6.61. The number of amides is 1. The fraction of sp³-hybridized carbons (Fsp3) is 0.350. The van der Waals surface area contributed by atoms with Crippen molar-refractivity contribution in [3.63, 3.8) is 0 Å². The lowest BCUT2D eigenvalue weighted by molar-refractivity contribution is -0.0937. The predicted molar refractivity (Wildman–Crippen MR) is 101 cm³/mol. The molecule has 1 saturated heterocycles. The SMILES string of the molecule is CC1(C)COB(c2ccc(NC(=O)c3c(F)cccc3F)cc2)OC1(C)C. The fourth-order valence-corrected chi connectivity index (χ4v) is 2.72. The molecule has 1 heterocycles. The Hall–Kier alpha value is -2.25. The standard InChI is InChI=1S/C20H22BF2NO3/c1-19(2)12-26-21(27-20(19,3)4)13-8-10-14(11-9-13)24-18(25)17-15(22)6-5-7-16(17)23/h5-11H,12H2,1-4H3,(H,24,25). The summed E-state index contributed by atoms with van der Waals surface area (Å²) in [4.78, 5) is 12.2. The van der Waals surface area contributed by atoms with Crippen molar-refractivity contribution < 1.29 is 22.9 Å². The largest absolute Gasteiger partial charge is 0.494 e. The van der Waals surface area contributed by atoms with Crippen molar-refractivity contribution in [2.75, 3.05) is 11.9 Å². The Morgan fingerprint density at radius 3 is 2.19 bits per heavy atom. The lowest BCUT2D eigenvalue weighted by Gasteiger charge is -2.47. The summed E-state index contributed by atoms with van der Waals surface area (Å²) in [5.74, 6) is -2.65. The van der Waals surface area contributed by atoms with E-state index < -0.39 is 30.2 Å². The summed E-state index contributed by atoms with van der Waals surface area (Å²) in [5.41, 5.74) is 0.117. The van der Waals surface area contributed by atoms with Crippen molar-refractivity contribution in [2.24, 2.45) is 5.41 Å². The molecule has 2 aromatic rings. The Morgan fingerprint density at radius 2 is 1.63 bits per heavy atom. The van der Waals surface area contributed by atoms with E-state index in [0.717, 1.165) is 17.6 Å². The maximum absolute atomic E-state index is 13.7. The zero-order valence-corrected chi connectivity index (χ0v) is 15.8. The van der Waals surface area contributed by atoms with E-state index in [4.69, 9.17) is 9.31 Å². The van der Waals surface area contributed by atoms with Crippen molar-refractivity contribution in [2.45, 2.75) is 33.3 Å². The topological polar surface area (TPSA) is 47.6 Å². The second-order valence-corrected chi connectivity index (χ2v) is 7.83. The molecule has 0 bridgehead atoms. The van der Waals surface area contributed by atoms with Crippen molar-refractivity contribution in [3.8, 4) is 0 Å². The molecule has 0 aromatic heterocycles. The third-order valence-electron chi connectivity index (χ3n) is 5.26. The average Bonchev–Trinajstić information content (AvgIpc) is 2.58. The molecule has 0 spiro atoms. The van der Waals surface area contributed by atoms with Gasteiger partial charge in [0.2, 0.25) is 0 Å². The van der Waals surface area contributed by atoms with Crippen molar-refractivity contribution >= 4 is 24.2 Å². The van der Waals surface area contributed by atoms with Crippen molar-refractivity contribution in [1.29, 1.82) is 0 Å². The van der Waals surface area contributed by atoms with Crippen LogP contribution in [0.2, 0.25) is 0 Å². The maximum atomic E-state index is 13.7. The van der Waals surface area contributed by atoms with Gasteiger partial charge in [-0.15, -0.1) is 0 Å². The fourth-order valence-electron chi connectivity index (χ4n) is 2.72. The molecule has 4 nitrogen and oxygen atoms in total. The van der Waals surface area contributed by atoms with E-state index >= 15 is 0 Å². The van der Waals surface area contributed by atoms with Crippen LogP contribution in [0.25, 0.3) is 0 Å². The molecule has 7 heteroatoms. The highest BCUT2D eigenvalue weighted by Gasteiger charge is 2.46. The predicted octanol–water partition coefficient (Wildman–Crippen LogP) is 3.76. The Bertz CT molecular complexity index is 833. The molecule has 2 aromatic carbocycles. The van der Waals surface area contributed by atoms with Gasteiger partial charge in [0.05, 0.1) is 5.60 Å². The molecule has 1 N–H and O–H groups in total. The highest BCUT2D eigenvalue weighted by Crippen LogP contribution is 2.38. The monoisotopic (exact) mass is 373 g/mol. The normalized spacial score (nSPS) is 18.2. The summed E-state index contributed by atoms with van der Waals surface area (Å²) in [6.45, 7) is 8.78. The van der Waals surface area contributed by atoms with Gasteiger partial charge in [-0.05, 0) is 43.6 Å². The van der Waals surface area contributed by atoms with E-state index in [1.807, 2.05) is 13.8 Å². The molecule has 0 aliphatic carbocycles. The average molecular weight is 373 g/mol. The minimum atomic E-state index is -0.905. The molecule has 0 saturated carbocycles. The molecule has 0 radical (unpaired) electrons. The molecule has 0 unspecified atom stereocenters. The number of carbonyl (C=O) groups excluding carboxylic acids is 1. The van der Waals surface area contributed by atoms with E-state index in [9.17, 15) is 13.6 Å². The molecule has 27 heavy (non-hydrogen) atoms. The van der Waals surface area contributed by atoms with E-state index in [-0.39, 0.29) is 11.0 Å². The van der Waals surface area contributed by atoms with Crippen LogP contribution in [-0.2, 0) is 9.31 Å². The number of carbonyl (C=O) groups is 1. The first-order valence-corrected chi connectivity index (χ1v) is 8.75. The summed E-state index contributed by atoms with van der Waals surface area (Å²) in [7, 11) is -0.512. The van der Waals surface area contributed by atoms with Gasteiger partial charge in [0.25, 0.3) is 5.91 Å². The first-order chi connectivity index (χ1) is 12.6. The summed E-state index contributed by atoms with van der Waals surface area (Å²) in [6.07, 6.45) is 0. The van der Waals surface area contributed by atoms with Gasteiger partial charge >= 0.3 is 7.12 Å². The van der Waals surface area contributed by atoms with Gasteiger partial charge in [-0.25, -0.2) is 8.78 Å². The van der Waals surface area contributed by atoms with Crippen molar-refractivity contribution in [3.05, 3.63) is 59.7 Å². The quantitative estimate of drug-likeness (QED) is 0.834. The summed E-state index contributed by atoms with van der Waals surface area (Å²) in [5, 5.41) is 2.50. The van der Waals surface area contributed by atoms with Crippen LogP contribution < -0.4 is 10.8 Å². The molecular weight excluding hydrogens is 351 g/mol. The van der Waals surface area contributed by atoms with Crippen LogP contribution in [0.1, 0.15) is 38.1 Å². The van der Waals surface area contributed by atoms with Crippen LogP contribution in [0, 0.1) is 17.0 Å². The second-order valence-electron chi connectivity index (χ2n) is 7.83. The van der Waals surface area contributed by atoms with Gasteiger partial charge < -0.3 is 14.6 Å². The smallest absolute Gasteiger partial charge is 0.407 e. The molecule has 3 rings (SSSR count). The Balaban J connectivity index is 1.72. The number of rotatable bonds is 3. The van der Waals surface area contributed by atoms with Crippen LogP contribution in [0.4, 0.5) is 14.5 Å². The zero-order chi connectivity index (χ0) is 19.8. The van der Waals surface area contributed by atoms with Gasteiger partial charge in [-0.1, -0.05) is 32.0 Å². The molecule has 1 aliphatic heterocycles. The lowest BCUT2D eigenvalue weighted by atomic mass is 9.69. The van der Waals surface area contributed by atoms with E-state index in [2.05, 4.69) is 19.2 Å². The van der Waals surface area contributed by atoms with Gasteiger partial charge in [0.1, 0.15) is 17.2 Å². The Labute approximate surface area is 158 Å². The minimum absolute atomic E-state index is 0.124. The van der Waals surface area contributed by atoms with Gasteiger partial charge in [0.15, 0.2) is 0 Å². The maximum Gasteiger partial charge on any atom is 0.494 e. The molecule has 1 amide bonds. The van der Waals surface area contributed by atoms with E-state index in [1.54, 1.807) is 24.3 Å². The third kappa shape index (κ3) is 3.89. The number of anilines is 1. The highest BCUT2D eigenvalue weighted by atomic mass is 19.1. The van der Waals surface area contributed by atoms with E-state index in [0.29, 0.717) is 12.3 Å². The number of nitrogens with one attached hydrogen (secondary N) is 1. The third-order valence-corrected chi connectivity index (χ3v) is 5.26. The van der Waals surface area contributed by atoms with Gasteiger partial charge in [-0.3, -0.25) is 4.79 Å². The molecule has 142 valence electrons. The Kier molecular flexibility index (Phi) is 5.10. The van der Waals surface area contributed by atoms with Gasteiger partial charge in [-0.2, -0.15) is 0 Å². The number of hydrogen-bond acceptors (Lipinski definition) is 3. The summed E-state index contributed by atoms with van der Waals surface area (Å²) in [6, 6.07) is 10.1. The second kappa shape index (κ2) is 7.05. The summed E-state index contributed by atoms with van der Waals surface area (Å²) < 4.78 is 39.3. The molecule has 1 fully saturated rings. The van der Waals surface area contributed by atoms with E-state index in [1.165, 1.54) is 6.07 Å². The first kappa shape index (κ1) is 19.5. The van der Waals surface area contributed by atoms with Crippen LogP contribution >= 0.6 is 0 Å². The van der Waals surface area contributed by atoms with Crippen LogP contribution in [0.5, 0.6) is 0 Å². The van der Waals surface area contributed by atoms with Crippen LogP contribution in [0.3, 0.4) is 0 Å². The molecular formula is C20H22BF2NO3. The first-order valence-electron chi connectivity index (χ1n) is 8.75. The molecule has 0 atom stereocenters. The number of hydrogen-bond donors (Lipinski definition) is 1. The number of benzene rings is 2. The van der Waals surface area contributed by atoms with Crippen LogP contribution in [-0.4, -0.2) is 25.2 Å². The Morgan fingerprint density at radius 1 is 1.04 bits per heavy atom. The zero-order valence-electron chi connectivity index (χ0n) is 15.8.